The van der Waals surface area contributed by atoms with E-state index in [1.54, 1.807) is 0 Å². The van der Waals surface area contributed by atoms with Gasteiger partial charge in [0.15, 0.2) is 0 Å². The minimum atomic E-state index is -0.516. The summed E-state index contributed by atoms with van der Waals surface area (Å²) in [6, 6.07) is 5.70. The molecule has 0 N–H and O–H groups in total. The molecule has 4 nitrogen and oxygen atoms in total. The Bertz CT molecular complexity index is 475. The van der Waals surface area contributed by atoms with Crippen molar-refractivity contribution in [3.8, 4) is 11.8 Å². The largest absolute Gasteiger partial charge is 0.415 e. The molecule has 0 heterocycles. The highest BCUT2D eigenvalue weighted by atomic mass is 16.6. The first kappa shape index (κ1) is 13.0. The van der Waals surface area contributed by atoms with Gasteiger partial charge in [0.2, 0.25) is 0 Å². The molecule has 0 fully saturated rings. The highest BCUT2D eigenvalue weighted by Gasteiger charge is 2.12. The summed E-state index contributed by atoms with van der Waals surface area (Å²) in [4.78, 5) is 12.8. The van der Waals surface area contributed by atoms with E-state index in [0.717, 1.165) is 16.7 Å². The number of nitrogens with zero attached hydrogens (tertiary/aromatic N) is 2. The summed E-state index contributed by atoms with van der Waals surface area (Å²) < 4.78 is 5.23. The molecule has 0 aliphatic rings. The Labute approximate surface area is 101 Å². The third kappa shape index (κ3) is 3.22. The van der Waals surface area contributed by atoms with E-state index in [4.69, 9.17) is 10.00 Å². The second-order valence-electron chi connectivity index (χ2n) is 4.08. The van der Waals surface area contributed by atoms with Crippen molar-refractivity contribution in [2.45, 2.75) is 20.8 Å². The van der Waals surface area contributed by atoms with Crippen LogP contribution < -0.4 is 4.74 Å². The van der Waals surface area contributed by atoms with Crippen LogP contribution in [0.5, 0.6) is 5.75 Å². The molecule has 0 radical (unpaired) electrons. The molecule has 0 aliphatic carbocycles. The van der Waals surface area contributed by atoms with Crippen molar-refractivity contribution in [1.29, 1.82) is 5.26 Å². The van der Waals surface area contributed by atoms with E-state index in [1.807, 2.05) is 39.0 Å². The molecule has 4 heteroatoms. The molecular weight excluding hydrogens is 216 g/mol. The molecule has 17 heavy (non-hydrogen) atoms. The molecule has 90 valence electrons. The quantitative estimate of drug-likeness (QED) is 0.736. The van der Waals surface area contributed by atoms with E-state index in [1.165, 1.54) is 11.9 Å². The van der Waals surface area contributed by atoms with E-state index in [9.17, 15) is 4.79 Å². The van der Waals surface area contributed by atoms with Crippen molar-refractivity contribution in [2.75, 3.05) is 13.6 Å². The molecule has 0 spiro atoms. The highest BCUT2D eigenvalue weighted by Crippen LogP contribution is 2.22. The van der Waals surface area contributed by atoms with Crippen LogP contribution in [0.15, 0.2) is 12.1 Å². The molecule has 1 aromatic rings. The summed E-state index contributed by atoms with van der Waals surface area (Å²) in [5.74, 6) is 0.544. The lowest BCUT2D eigenvalue weighted by Gasteiger charge is -2.15. The van der Waals surface area contributed by atoms with Gasteiger partial charge in [-0.3, -0.25) is 4.90 Å². The molecule has 0 unspecified atom stereocenters. The van der Waals surface area contributed by atoms with E-state index < -0.39 is 6.09 Å². The molecule has 0 saturated carbocycles. The number of nitriles is 1. The second-order valence-corrected chi connectivity index (χ2v) is 4.08. The van der Waals surface area contributed by atoms with Crippen molar-refractivity contribution < 1.29 is 9.53 Å². The Morgan fingerprint density at radius 2 is 1.88 bits per heavy atom. The lowest BCUT2D eigenvalue weighted by Crippen LogP contribution is -2.30. The van der Waals surface area contributed by atoms with Gasteiger partial charge in [0.25, 0.3) is 0 Å². The smallest absolute Gasteiger partial charge is 0.410 e. The van der Waals surface area contributed by atoms with Gasteiger partial charge in [0.1, 0.15) is 12.3 Å². The van der Waals surface area contributed by atoms with E-state index >= 15 is 0 Å². The van der Waals surface area contributed by atoms with Crippen LogP contribution in [-0.2, 0) is 0 Å². The Morgan fingerprint density at radius 1 is 1.29 bits per heavy atom. The number of rotatable bonds is 2. The zero-order chi connectivity index (χ0) is 13.0. The van der Waals surface area contributed by atoms with Gasteiger partial charge in [-0.1, -0.05) is 6.07 Å². The summed E-state index contributed by atoms with van der Waals surface area (Å²) in [7, 11) is 1.53. The third-order valence-electron chi connectivity index (χ3n) is 2.61. The number of aryl methyl sites for hydroxylation is 3. The van der Waals surface area contributed by atoms with Gasteiger partial charge in [-0.25, -0.2) is 4.79 Å². The first-order valence-electron chi connectivity index (χ1n) is 5.33. The topological polar surface area (TPSA) is 53.3 Å². The van der Waals surface area contributed by atoms with Crippen LogP contribution in [0.4, 0.5) is 4.79 Å². The first-order valence-corrected chi connectivity index (χ1v) is 5.33. The summed E-state index contributed by atoms with van der Waals surface area (Å²) in [6.07, 6.45) is -0.516. The number of hydrogen-bond acceptors (Lipinski definition) is 3. The second kappa shape index (κ2) is 5.35. The number of carbonyl (C=O) groups is 1. The maximum Gasteiger partial charge on any atom is 0.415 e. The van der Waals surface area contributed by atoms with E-state index in [0.29, 0.717) is 5.75 Å². The molecule has 1 aromatic carbocycles. The molecule has 1 rings (SSSR count). The minimum absolute atomic E-state index is 0.0166. The number of ether oxygens (including phenoxy) is 1. The molecular formula is C13H16N2O2. The summed E-state index contributed by atoms with van der Waals surface area (Å²) >= 11 is 0. The van der Waals surface area contributed by atoms with Crippen LogP contribution in [0.2, 0.25) is 0 Å². The van der Waals surface area contributed by atoms with Crippen LogP contribution in [0.3, 0.4) is 0 Å². The fourth-order valence-electron chi connectivity index (χ4n) is 1.39. The van der Waals surface area contributed by atoms with Gasteiger partial charge in [-0.2, -0.15) is 5.26 Å². The summed E-state index contributed by atoms with van der Waals surface area (Å²) in [5.41, 5.74) is 3.14. The van der Waals surface area contributed by atoms with Crippen LogP contribution >= 0.6 is 0 Å². The summed E-state index contributed by atoms with van der Waals surface area (Å²) in [5, 5.41) is 8.49. The van der Waals surface area contributed by atoms with Crippen molar-refractivity contribution in [1.82, 2.24) is 4.90 Å². The zero-order valence-corrected chi connectivity index (χ0v) is 10.6. The average Bonchev–Trinajstić information content (AvgIpc) is 2.26. The third-order valence-corrected chi connectivity index (χ3v) is 2.61. The highest BCUT2D eigenvalue weighted by molar-refractivity contribution is 5.71. The maximum atomic E-state index is 11.6. The summed E-state index contributed by atoms with van der Waals surface area (Å²) in [6.45, 7) is 5.88. The van der Waals surface area contributed by atoms with E-state index in [-0.39, 0.29) is 6.54 Å². The van der Waals surface area contributed by atoms with Crippen LogP contribution in [-0.4, -0.2) is 24.6 Å². The fourth-order valence-corrected chi connectivity index (χ4v) is 1.39. The van der Waals surface area contributed by atoms with Gasteiger partial charge >= 0.3 is 6.09 Å². The lowest BCUT2D eigenvalue weighted by molar-refractivity contribution is 0.167. The van der Waals surface area contributed by atoms with Gasteiger partial charge in [0.05, 0.1) is 6.07 Å². The van der Waals surface area contributed by atoms with Gasteiger partial charge < -0.3 is 4.74 Å². The number of hydrogen-bond donors (Lipinski definition) is 0. The first-order chi connectivity index (χ1) is 7.95. The fraction of sp³-hybridized carbons (Fsp3) is 0.385. The van der Waals surface area contributed by atoms with Crippen LogP contribution in [0, 0.1) is 32.1 Å². The Hall–Kier alpha value is -2.02. The number of carbonyl (C=O) groups excluding carboxylic acids is 1. The predicted octanol–water partition coefficient (Wildman–Crippen LogP) is 2.57. The normalized spacial score (nSPS) is 9.59. The Kier molecular flexibility index (Phi) is 4.11. The molecule has 0 atom stereocenters. The predicted molar refractivity (Wildman–Crippen MR) is 64.9 cm³/mol. The standard InChI is InChI=1S/C13H16N2O2/c1-9-7-11(3)12(8-10(9)2)17-13(16)15(4)6-5-14/h7-8H,6H2,1-4H3. The van der Waals surface area contributed by atoms with Gasteiger partial charge in [-0.05, 0) is 43.5 Å². The molecule has 0 bridgehead atoms. The minimum Gasteiger partial charge on any atom is -0.410 e. The zero-order valence-electron chi connectivity index (χ0n) is 10.6. The van der Waals surface area contributed by atoms with Crippen molar-refractivity contribution in [2.24, 2.45) is 0 Å². The van der Waals surface area contributed by atoms with Crippen LogP contribution in [0.1, 0.15) is 16.7 Å². The van der Waals surface area contributed by atoms with Crippen molar-refractivity contribution in [3.05, 3.63) is 28.8 Å². The Balaban J connectivity index is 2.86. The monoisotopic (exact) mass is 232 g/mol. The lowest BCUT2D eigenvalue weighted by atomic mass is 10.1. The average molecular weight is 232 g/mol. The van der Waals surface area contributed by atoms with Gasteiger partial charge in [-0.15, -0.1) is 0 Å². The van der Waals surface area contributed by atoms with Crippen LogP contribution in [0.25, 0.3) is 0 Å². The number of benzene rings is 1. The Morgan fingerprint density at radius 3 is 2.47 bits per heavy atom. The van der Waals surface area contributed by atoms with Crippen molar-refractivity contribution in [3.63, 3.8) is 0 Å². The van der Waals surface area contributed by atoms with E-state index in [2.05, 4.69) is 0 Å². The maximum absolute atomic E-state index is 11.6. The SMILES string of the molecule is Cc1cc(C)c(OC(=O)N(C)CC#N)cc1C. The van der Waals surface area contributed by atoms with Crippen molar-refractivity contribution >= 4 is 6.09 Å². The molecule has 0 aromatic heterocycles. The number of amides is 1. The molecule has 0 aliphatic heterocycles. The molecule has 0 saturated heterocycles. The van der Waals surface area contributed by atoms with Gasteiger partial charge in [0, 0.05) is 7.05 Å². The molecule has 1 amide bonds.